The maximum atomic E-state index is 11.7. The van der Waals surface area contributed by atoms with Gasteiger partial charge in [-0.1, -0.05) is 28.0 Å². The Hall–Kier alpha value is -0.840. The topological polar surface area (TPSA) is 46.3 Å². The van der Waals surface area contributed by atoms with Gasteiger partial charge in [0.2, 0.25) is 5.76 Å². The molecule has 1 rings (SSSR count). The summed E-state index contributed by atoms with van der Waals surface area (Å²) in [5, 5.41) is 3.68. The van der Waals surface area contributed by atoms with Crippen molar-refractivity contribution in [3.05, 3.63) is 17.5 Å². The Balaban J connectivity index is 2.53. The first-order valence-corrected chi connectivity index (χ1v) is 5.75. The van der Waals surface area contributed by atoms with Crippen LogP contribution in [0.1, 0.15) is 29.6 Å². The number of rotatable bonds is 4. The first kappa shape index (κ1) is 12.2. The molecular weight excluding hydrogens is 260 g/mol. The highest BCUT2D eigenvalue weighted by molar-refractivity contribution is 9.09. The number of amides is 1. The van der Waals surface area contributed by atoms with E-state index in [4.69, 9.17) is 4.52 Å². The van der Waals surface area contributed by atoms with E-state index in [0.717, 1.165) is 12.1 Å². The minimum atomic E-state index is -0.122. The van der Waals surface area contributed by atoms with E-state index in [-0.39, 0.29) is 5.91 Å². The van der Waals surface area contributed by atoms with E-state index in [1.165, 1.54) is 0 Å². The van der Waals surface area contributed by atoms with Gasteiger partial charge >= 0.3 is 0 Å². The maximum absolute atomic E-state index is 11.7. The molecule has 1 aromatic heterocycles. The highest BCUT2D eigenvalue weighted by Crippen LogP contribution is 2.08. The number of carbonyl (C=O) groups is 1. The van der Waals surface area contributed by atoms with E-state index in [1.54, 1.807) is 24.9 Å². The lowest BCUT2D eigenvalue weighted by Gasteiger charge is -2.15. The standard InChI is InChI=1S/C10H15BrN2O2/c1-7(11)4-5-13(3)10(14)9-6-8(2)12-15-9/h6-7H,4-5H2,1-3H3. The Morgan fingerprint density at radius 3 is 2.87 bits per heavy atom. The normalized spacial score (nSPS) is 12.5. The van der Waals surface area contributed by atoms with Crippen molar-refractivity contribution in [2.75, 3.05) is 13.6 Å². The highest BCUT2D eigenvalue weighted by atomic mass is 79.9. The lowest BCUT2D eigenvalue weighted by Crippen LogP contribution is -2.28. The summed E-state index contributed by atoms with van der Waals surface area (Å²) in [6, 6.07) is 1.65. The monoisotopic (exact) mass is 274 g/mol. The van der Waals surface area contributed by atoms with Gasteiger partial charge in [0.15, 0.2) is 0 Å². The van der Waals surface area contributed by atoms with Crippen molar-refractivity contribution in [1.82, 2.24) is 10.1 Å². The van der Waals surface area contributed by atoms with Crippen LogP contribution in [-0.4, -0.2) is 34.4 Å². The number of aryl methyl sites for hydroxylation is 1. The minimum absolute atomic E-state index is 0.122. The molecule has 0 aromatic carbocycles. The zero-order valence-corrected chi connectivity index (χ0v) is 10.7. The van der Waals surface area contributed by atoms with Gasteiger partial charge < -0.3 is 9.42 Å². The van der Waals surface area contributed by atoms with Gasteiger partial charge in [0.05, 0.1) is 5.69 Å². The zero-order valence-electron chi connectivity index (χ0n) is 9.16. The van der Waals surface area contributed by atoms with Gasteiger partial charge in [0.25, 0.3) is 5.91 Å². The third-order valence-electron chi connectivity index (χ3n) is 2.05. The van der Waals surface area contributed by atoms with Crippen molar-refractivity contribution in [3.8, 4) is 0 Å². The van der Waals surface area contributed by atoms with Crippen molar-refractivity contribution in [1.29, 1.82) is 0 Å². The highest BCUT2D eigenvalue weighted by Gasteiger charge is 2.16. The molecule has 0 bridgehead atoms. The van der Waals surface area contributed by atoms with Crippen LogP contribution in [-0.2, 0) is 0 Å². The Kier molecular flexibility index (Phi) is 4.32. The van der Waals surface area contributed by atoms with Crippen molar-refractivity contribution >= 4 is 21.8 Å². The SMILES string of the molecule is Cc1cc(C(=O)N(C)CCC(C)Br)on1. The molecule has 0 aliphatic carbocycles. The van der Waals surface area contributed by atoms with Crippen molar-refractivity contribution in [2.24, 2.45) is 0 Å². The third kappa shape index (κ3) is 3.66. The fourth-order valence-corrected chi connectivity index (χ4v) is 1.33. The molecule has 0 aliphatic heterocycles. The molecule has 0 spiro atoms. The second-order valence-electron chi connectivity index (χ2n) is 3.63. The molecule has 0 radical (unpaired) electrons. The van der Waals surface area contributed by atoms with Gasteiger partial charge in [-0.05, 0) is 13.3 Å². The van der Waals surface area contributed by atoms with Crippen LogP contribution in [0.15, 0.2) is 10.6 Å². The summed E-state index contributed by atoms with van der Waals surface area (Å²) in [7, 11) is 1.76. The average molecular weight is 275 g/mol. The molecule has 0 N–H and O–H groups in total. The molecular formula is C10H15BrN2O2. The molecule has 4 nitrogen and oxygen atoms in total. The molecule has 1 heterocycles. The molecule has 0 saturated heterocycles. The summed E-state index contributed by atoms with van der Waals surface area (Å²) in [5.74, 6) is 0.181. The van der Waals surface area contributed by atoms with E-state index >= 15 is 0 Å². The lowest BCUT2D eigenvalue weighted by molar-refractivity contribution is 0.0752. The summed E-state index contributed by atoms with van der Waals surface area (Å²) in [6.45, 7) is 4.54. The second-order valence-corrected chi connectivity index (χ2v) is 5.19. The van der Waals surface area contributed by atoms with Crippen LogP contribution in [0.4, 0.5) is 0 Å². The predicted octanol–water partition coefficient (Wildman–Crippen LogP) is 2.23. The summed E-state index contributed by atoms with van der Waals surface area (Å²) in [6.07, 6.45) is 0.912. The van der Waals surface area contributed by atoms with Crippen LogP contribution >= 0.6 is 15.9 Å². The number of hydrogen-bond donors (Lipinski definition) is 0. The smallest absolute Gasteiger partial charge is 0.292 e. The quantitative estimate of drug-likeness (QED) is 0.791. The molecule has 5 heteroatoms. The van der Waals surface area contributed by atoms with Crippen LogP contribution in [0.25, 0.3) is 0 Å². The second kappa shape index (κ2) is 5.30. The van der Waals surface area contributed by atoms with Crippen LogP contribution < -0.4 is 0 Å². The molecule has 0 fully saturated rings. The fourth-order valence-electron chi connectivity index (χ4n) is 1.13. The van der Waals surface area contributed by atoms with Crippen LogP contribution in [0.2, 0.25) is 0 Å². The Bertz CT molecular complexity index is 336. The summed E-state index contributed by atoms with van der Waals surface area (Å²) in [4.78, 5) is 13.8. The molecule has 0 saturated carbocycles. The number of alkyl halides is 1. The van der Waals surface area contributed by atoms with E-state index in [0.29, 0.717) is 17.1 Å². The van der Waals surface area contributed by atoms with Crippen LogP contribution in [0.5, 0.6) is 0 Å². The minimum Gasteiger partial charge on any atom is -0.351 e. The molecule has 15 heavy (non-hydrogen) atoms. The predicted molar refractivity (Wildman–Crippen MR) is 61.2 cm³/mol. The Labute approximate surface area is 97.7 Å². The van der Waals surface area contributed by atoms with E-state index in [1.807, 2.05) is 0 Å². The van der Waals surface area contributed by atoms with Gasteiger partial charge in [-0.15, -0.1) is 0 Å². The first-order valence-electron chi connectivity index (χ1n) is 4.83. The van der Waals surface area contributed by atoms with Crippen molar-refractivity contribution in [3.63, 3.8) is 0 Å². The van der Waals surface area contributed by atoms with Crippen LogP contribution in [0, 0.1) is 6.92 Å². The molecule has 1 atom stereocenters. The number of carbonyl (C=O) groups excluding carboxylic acids is 1. The molecule has 0 aliphatic rings. The number of hydrogen-bond acceptors (Lipinski definition) is 3. The van der Waals surface area contributed by atoms with Crippen molar-refractivity contribution < 1.29 is 9.32 Å². The van der Waals surface area contributed by atoms with Gasteiger partial charge in [0, 0.05) is 24.5 Å². The van der Waals surface area contributed by atoms with E-state index in [2.05, 4.69) is 28.0 Å². The van der Waals surface area contributed by atoms with Crippen molar-refractivity contribution in [2.45, 2.75) is 25.1 Å². The number of halogens is 1. The largest absolute Gasteiger partial charge is 0.351 e. The first-order chi connectivity index (χ1) is 7.00. The summed E-state index contributed by atoms with van der Waals surface area (Å²) in [5.41, 5.74) is 0.723. The van der Waals surface area contributed by atoms with Gasteiger partial charge in [-0.2, -0.15) is 0 Å². The Morgan fingerprint density at radius 1 is 1.73 bits per heavy atom. The fraction of sp³-hybridized carbons (Fsp3) is 0.600. The summed E-state index contributed by atoms with van der Waals surface area (Å²) < 4.78 is 4.90. The molecule has 1 unspecified atom stereocenters. The number of nitrogens with zero attached hydrogens (tertiary/aromatic N) is 2. The maximum Gasteiger partial charge on any atom is 0.292 e. The zero-order chi connectivity index (χ0) is 11.4. The van der Waals surface area contributed by atoms with Gasteiger partial charge in [-0.25, -0.2) is 0 Å². The van der Waals surface area contributed by atoms with E-state index < -0.39 is 0 Å². The summed E-state index contributed by atoms with van der Waals surface area (Å²) >= 11 is 3.44. The average Bonchev–Trinajstić information content (AvgIpc) is 2.60. The lowest BCUT2D eigenvalue weighted by atomic mass is 10.3. The third-order valence-corrected chi connectivity index (χ3v) is 2.51. The number of aromatic nitrogens is 1. The molecule has 1 aromatic rings. The van der Waals surface area contributed by atoms with E-state index in [9.17, 15) is 4.79 Å². The Morgan fingerprint density at radius 2 is 2.40 bits per heavy atom. The van der Waals surface area contributed by atoms with Gasteiger partial charge in [0.1, 0.15) is 0 Å². The molecule has 1 amide bonds. The molecule has 84 valence electrons. The van der Waals surface area contributed by atoms with Gasteiger partial charge in [-0.3, -0.25) is 4.79 Å². The van der Waals surface area contributed by atoms with Crippen LogP contribution in [0.3, 0.4) is 0 Å².